The quantitative estimate of drug-likeness (QED) is 0.463. The summed E-state index contributed by atoms with van der Waals surface area (Å²) in [6.45, 7) is 0. The largest absolute Gasteiger partial charge is 0.513 e. The minimum absolute atomic E-state index is 0.00259. The number of carbonyl (C=O) groups excluding carboxylic acids is 1. The number of methoxy groups -OCH3 is 2. The fourth-order valence-electron chi connectivity index (χ4n) is 1.09. The molecule has 1 rings (SSSR count). The van der Waals surface area contributed by atoms with Crippen molar-refractivity contribution in [3.63, 3.8) is 0 Å². The van der Waals surface area contributed by atoms with Gasteiger partial charge in [0.2, 0.25) is 0 Å². The van der Waals surface area contributed by atoms with Crippen LogP contribution in [0.4, 0.5) is 4.79 Å². The molecule has 0 unspecified atom stereocenters. The van der Waals surface area contributed by atoms with Crippen molar-refractivity contribution in [1.82, 2.24) is 0 Å². The van der Waals surface area contributed by atoms with Crippen LogP contribution in [0.25, 0.3) is 0 Å². The van der Waals surface area contributed by atoms with Gasteiger partial charge >= 0.3 is 16.3 Å². The molecule has 0 bridgehead atoms. The van der Waals surface area contributed by atoms with E-state index in [0.29, 0.717) is 0 Å². The average Bonchev–Trinajstić information content (AvgIpc) is 2.27. The predicted molar refractivity (Wildman–Crippen MR) is 61.5 cm³/mol. The van der Waals surface area contributed by atoms with E-state index in [1.165, 1.54) is 25.3 Å². The van der Waals surface area contributed by atoms with Crippen LogP contribution in [0.15, 0.2) is 18.2 Å². The molecule has 0 saturated heterocycles. The standard InChI is InChI=1S/C10H12O7S/c1-14-8-5-4-7(17-18(3,12)13)6-9(8)16-10(11)15-2/h4-6H,1-3H3. The summed E-state index contributed by atoms with van der Waals surface area (Å²) in [4.78, 5) is 11.0. The van der Waals surface area contributed by atoms with Crippen LogP contribution in [0.1, 0.15) is 0 Å². The molecule has 7 nitrogen and oxygen atoms in total. The number of hydrogen-bond donors (Lipinski definition) is 0. The van der Waals surface area contributed by atoms with E-state index in [-0.39, 0.29) is 17.2 Å². The average molecular weight is 276 g/mol. The maximum atomic E-state index is 11.0. The molecule has 0 saturated carbocycles. The molecule has 1 aromatic carbocycles. The Balaban J connectivity index is 3.05. The summed E-state index contributed by atoms with van der Waals surface area (Å²) in [6, 6.07) is 3.97. The highest BCUT2D eigenvalue weighted by Gasteiger charge is 2.13. The molecule has 100 valence electrons. The Hall–Kier alpha value is -1.96. The summed E-state index contributed by atoms with van der Waals surface area (Å²) in [7, 11) is -1.14. The molecule has 0 aliphatic rings. The van der Waals surface area contributed by atoms with E-state index in [1.807, 2.05) is 0 Å². The predicted octanol–water partition coefficient (Wildman–Crippen LogP) is 1.18. The summed E-state index contributed by atoms with van der Waals surface area (Å²) in [5, 5.41) is 0. The monoisotopic (exact) mass is 276 g/mol. The third-order valence-corrected chi connectivity index (χ3v) is 2.24. The van der Waals surface area contributed by atoms with Crippen molar-refractivity contribution in [2.75, 3.05) is 20.5 Å². The summed E-state index contributed by atoms with van der Waals surface area (Å²) in [6.07, 6.45) is -0.0530. The molecule has 0 aliphatic heterocycles. The highest BCUT2D eigenvalue weighted by molar-refractivity contribution is 7.86. The van der Waals surface area contributed by atoms with Crippen molar-refractivity contribution in [3.05, 3.63) is 18.2 Å². The van der Waals surface area contributed by atoms with Gasteiger partial charge in [-0.1, -0.05) is 0 Å². The SMILES string of the molecule is COC(=O)Oc1cc(OS(C)(=O)=O)ccc1OC. The minimum Gasteiger partial charge on any atom is -0.493 e. The lowest BCUT2D eigenvalue weighted by Crippen LogP contribution is -2.09. The zero-order chi connectivity index (χ0) is 13.8. The molecule has 0 atom stereocenters. The van der Waals surface area contributed by atoms with E-state index < -0.39 is 16.3 Å². The lowest BCUT2D eigenvalue weighted by molar-refractivity contribution is 0.120. The van der Waals surface area contributed by atoms with Gasteiger partial charge in [0.25, 0.3) is 0 Å². The Morgan fingerprint density at radius 1 is 1.17 bits per heavy atom. The molecule has 0 fully saturated rings. The van der Waals surface area contributed by atoms with Crippen LogP contribution in [0.2, 0.25) is 0 Å². The molecule has 0 heterocycles. The highest BCUT2D eigenvalue weighted by atomic mass is 32.2. The molecule has 0 spiro atoms. The van der Waals surface area contributed by atoms with Gasteiger partial charge in [-0.25, -0.2) is 4.79 Å². The van der Waals surface area contributed by atoms with Crippen molar-refractivity contribution in [2.24, 2.45) is 0 Å². The Morgan fingerprint density at radius 2 is 1.83 bits per heavy atom. The molecular weight excluding hydrogens is 264 g/mol. The van der Waals surface area contributed by atoms with Gasteiger partial charge in [-0.2, -0.15) is 8.42 Å². The third-order valence-electron chi connectivity index (χ3n) is 1.74. The van der Waals surface area contributed by atoms with Gasteiger partial charge in [0.05, 0.1) is 20.5 Å². The second kappa shape index (κ2) is 5.58. The first kappa shape index (κ1) is 14.1. The molecule has 0 amide bonds. The minimum atomic E-state index is -3.66. The van der Waals surface area contributed by atoms with E-state index in [9.17, 15) is 13.2 Å². The maximum absolute atomic E-state index is 11.0. The Bertz CT molecular complexity index is 535. The molecule has 1 aromatic rings. The van der Waals surface area contributed by atoms with Crippen LogP contribution < -0.4 is 13.7 Å². The zero-order valence-electron chi connectivity index (χ0n) is 10.00. The highest BCUT2D eigenvalue weighted by Crippen LogP contribution is 2.32. The van der Waals surface area contributed by atoms with E-state index in [4.69, 9.17) is 9.47 Å². The van der Waals surface area contributed by atoms with Crippen molar-refractivity contribution < 1.29 is 31.6 Å². The van der Waals surface area contributed by atoms with Crippen molar-refractivity contribution >= 4 is 16.3 Å². The number of ether oxygens (including phenoxy) is 3. The van der Waals surface area contributed by atoms with Gasteiger partial charge in [-0.15, -0.1) is 0 Å². The zero-order valence-corrected chi connectivity index (χ0v) is 10.8. The van der Waals surface area contributed by atoms with Crippen LogP contribution in [-0.4, -0.2) is 35.0 Å². The van der Waals surface area contributed by atoms with Gasteiger partial charge in [-0.3, -0.25) is 0 Å². The second-order valence-corrected chi connectivity index (χ2v) is 4.73. The fourth-order valence-corrected chi connectivity index (χ4v) is 1.55. The van der Waals surface area contributed by atoms with E-state index in [0.717, 1.165) is 13.4 Å². The lowest BCUT2D eigenvalue weighted by atomic mass is 10.3. The van der Waals surface area contributed by atoms with Crippen LogP contribution in [-0.2, 0) is 14.9 Å². The molecular formula is C10H12O7S. The lowest BCUT2D eigenvalue weighted by Gasteiger charge is -2.10. The normalized spacial score (nSPS) is 10.6. The van der Waals surface area contributed by atoms with Gasteiger partial charge in [0, 0.05) is 6.07 Å². The molecule has 0 aromatic heterocycles. The van der Waals surface area contributed by atoms with Gasteiger partial charge in [-0.05, 0) is 12.1 Å². The van der Waals surface area contributed by atoms with Crippen LogP contribution in [0.3, 0.4) is 0 Å². The third kappa shape index (κ3) is 4.13. The topological polar surface area (TPSA) is 88.1 Å². The Labute approximate surface area is 104 Å². The first-order valence-electron chi connectivity index (χ1n) is 4.69. The summed E-state index contributed by atoms with van der Waals surface area (Å²) < 4.78 is 40.6. The molecule has 0 radical (unpaired) electrons. The fraction of sp³-hybridized carbons (Fsp3) is 0.300. The summed E-state index contributed by atoms with van der Waals surface area (Å²) in [5.74, 6) is 0.226. The molecule has 0 aliphatic carbocycles. The van der Waals surface area contributed by atoms with E-state index >= 15 is 0 Å². The number of rotatable bonds is 4. The van der Waals surface area contributed by atoms with Crippen LogP contribution in [0.5, 0.6) is 17.2 Å². The summed E-state index contributed by atoms with van der Waals surface area (Å²) >= 11 is 0. The second-order valence-electron chi connectivity index (χ2n) is 3.16. The van der Waals surface area contributed by atoms with Crippen molar-refractivity contribution in [2.45, 2.75) is 0 Å². The number of benzene rings is 1. The Kier molecular flexibility index (Phi) is 4.38. The number of carbonyl (C=O) groups is 1. The first-order valence-corrected chi connectivity index (χ1v) is 6.50. The van der Waals surface area contributed by atoms with Crippen molar-refractivity contribution in [3.8, 4) is 17.2 Å². The molecule has 18 heavy (non-hydrogen) atoms. The number of hydrogen-bond acceptors (Lipinski definition) is 7. The molecule has 8 heteroatoms. The van der Waals surface area contributed by atoms with Gasteiger partial charge in [0.1, 0.15) is 5.75 Å². The first-order chi connectivity index (χ1) is 8.35. The maximum Gasteiger partial charge on any atom is 0.513 e. The van der Waals surface area contributed by atoms with E-state index in [2.05, 4.69) is 8.92 Å². The van der Waals surface area contributed by atoms with Crippen LogP contribution in [0, 0.1) is 0 Å². The summed E-state index contributed by atoms with van der Waals surface area (Å²) in [5.41, 5.74) is 0. The van der Waals surface area contributed by atoms with Gasteiger partial charge < -0.3 is 18.4 Å². The van der Waals surface area contributed by atoms with E-state index in [1.54, 1.807) is 0 Å². The Morgan fingerprint density at radius 3 is 2.33 bits per heavy atom. The molecule has 0 N–H and O–H groups in total. The van der Waals surface area contributed by atoms with Crippen LogP contribution >= 0.6 is 0 Å². The van der Waals surface area contributed by atoms with Gasteiger partial charge in [0.15, 0.2) is 11.5 Å². The van der Waals surface area contributed by atoms with Crippen molar-refractivity contribution in [1.29, 1.82) is 0 Å². The smallest absolute Gasteiger partial charge is 0.493 e.